The van der Waals surface area contributed by atoms with E-state index in [-0.39, 0.29) is 5.91 Å². The number of carbonyl (C=O) groups excluding carboxylic acids is 1. The van der Waals surface area contributed by atoms with Crippen LogP contribution < -0.4 is 10.6 Å². The van der Waals surface area contributed by atoms with E-state index in [2.05, 4.69) is 60.7 Å². The Balaban J connectivity index is 2.43. The minimum absolute atomic E-state index is 0.120. The normalized spacial score (nSPS) is 11.1. The molecule has 118 valence electrons. The molecule has 21 heavy (non-hydrogen) atoms. The van der Waals surface area contributed by atoms with E-state index < -0.39 is 0 Å². The average Bonchev–Trinajstić information content (AvgIpc) is 2.45. The second-order valence-corrected chi connectivity index (χ2v) is 5.81. The summed E-state index contributed by atoms with van der Waals surface area (Å²) < 4.78 is 0. The van der Waals surface area contributed by atoms with Gasteiger partial charge in [-0.1, -0.05) is 24.3 Å². The van der Waals surface area contributed by atoms with Crippen LogP contribution in [0.1, 0.15) is 37.8 Å². The van der Waals surface area contributed by atoms with Gasteiger partial charge in [0.1, 0.15) is 0 Å². The van der Waals surface area contributed by atoms with Gasteiger partial charge in [-0.2, -0.15) is 0 Å². The fraction of sp³-hybridized carbons (Fsp3) is 0.588. The molecule has 1 aromatic rings. The van der Waals surface area contributed by atoms with Crippen LogP contribution in [0.3, 0.4) is 0 Å². The lowest BCUT2D eigenvalue weighted by atomic mass is 10.1. The minimum atomic E-state index is 0.120. The number of carbonyl (C=O) groups is 1. The van der Waals surface area contributed by atoms with Crippen LogP contribution in [0.15, 0.2) is 24.3 Å². The van der Waals surface area contributed by atoms with Crippen LogP contribution in [0.25, 0.3) is 0 Å². The van der Waals surface area contributed by atoms with Crippen molar-refractivity contribution < 1.29 is 4.79 Å². The van der Waals surface area contributed by atoms with E-state index in [0.29, 0.717) is 19.0 Å². The Hall–Kier alpha value is -1.39. The summed E-state index contributed by atoms with van der Waals surface area (Å²) in [6.45, 7) is 6.80. The Kier molecular flexibility index (Phi) is 8.01. The zero-order valence-corrected chi connectivity index (χ0v) is 13.8. The summed E-state index contributed by atoms with van der Waals surface area (Å²) in [5.41, 5.74) is 2.44. The van der Waals surface area contributed by atoms with Crippen molar-refractivity contribution in [2.24, 2.45) is 0 Å². The highest BCUT2D eigenvalue weighted by Crippen LogP contribution is 2.09. The third-order valence-electron chi connectivity index (χ3n) is 3.63. The molecule has 4 heteroatoms. The Morgan fingerprint density at radius 1 is 1.29 bits per heavy atom. The van der Waals surface area contributed by atoms with Crippen LogP contribution in [0, 0.1) is 0 Å². The number of benzene rings is 1. The van der Waals surface area contributed by atoms with Gasteiger partial charge in [0, 0.05) is 25.6 Å². The van der Waals surface area contributed by atoms with E-state index in [1.165, 1.54) is 5.56 Å². The maximum absolute atomic E-state index is 11.7. The van der Waals surface area contributed by atoms with Crippen molar-refractivity contribution in [1.29, 1.82) is 0 Å². The second-order valence-electron chi connectivity index (χ2n) is 5.81. The molecule has 0 aliphatic carbocycles. The maximum Gasteiger partial charge on any atom is 0.220 e. The fourth-order valence-electron chi connectivity index (χ4n) is 2.02. The summed E-state index contributed by atoms with van der Waals surface area (Å²) in [6.07, 6.45) is 1.46. The molecule has 0 saturated heterocycles. The molecular formula is C17H29N3O. The van der Waals surface area contributed by atoms with E-state index >= 15 is 0 Å². The van der Waals surface area contributed by atoms with Gasteiger partial charge in [-0.05, 0) is 52.0 Å². The quantitative estimate of drug-likeness (QED) is 0.685. The summed E-state index contributed by atoms with van der Waals surface area (Å²) in [4.78, 5) is 14.0. The van der Waals surface area contributed by atoms with E-state index in [1.54, 1.807) is 0 Å². The van der Waals surface area contributed by atoms with E-state index in [0.717, 1.165) is 25.1 Å². The van der Waals surface area contributed by atoms with E-state index in [9.17, 15) is 4.79 Å². The van der Waals surface area contributed by atoms with Crippen molar-refractivity contribution in [3.05, 3.63) is 35.4 Å². The number of amides is 1. The number of hydrogen-bond donors (Lipinski definition) is 2. The smallest absolute Gasteiger partial charge is 0.220 e. The van der Waals surface area contributed by atoms with Crippen LogP contribution in [-0.4, -0.2) is 37.5 Å². The molecule has 0 heterocycles. The van der Waals surface area contributed by atoms with Crippen LogP contribution in [0.5, 0.6) is 0 Å². The van der Waals surface area contributed by atoms with Crippen LogP contribution >= 0.6 is 0 Å². The Labute approximate surface area is 128 Å². The van der Waals surface area contributed by atoms with Crippen molar-refractivity contribution in [3.63, 3.8) is 0 Å². The third kappa shape index (κ3) is 7.25. The summed E-state index contributed by atoms with van der Waals surface area (Å²) in [7, 11) is 4.03. The molecular weight excluding hydrogens is 262 g/mol. The summed E-state index contributed by atoms with van der Waals surface area (Å²) in [5.74, 6) is 0.120. The van der Waals surface area contributed by atoms with Crippen LogP contribution in [0.4, 0.5) is 0 Å². The highest BCUT2D eigenvalue weighted by atomic mass is 16.1. The molecule has 1 amide bonds. The lowest BCUT2D eigenvalue weighted by Gasteiger charge is -2.21. The van der Waals surface area contributed by atoms with Gasteiger partial charge in [0.15, 0.2) is 0 Å². The summed E-state index contributed by atoms with van der Waals surface area (Å²) in [6, 6.07) is 8.96. The molecule has 0 saturated carbocycles. The Morgan fingerprint density at radius 2 is 2.00 bits per heavy atom. The van der Waals surface area contributed by atoms with Crippen molar-refractivity contribution in [3.8, 4) is 0 Å². The van der Waals surface area contributed by atoms with Crippen molar-refractivity contribution in [1.82, 2.24) is 15.5 Å². The molecule has 1 aromatic carbocycles. The second kappa shape index (κ2) is 9.53. The van der Waals surface area contributed by atoms with Crippen molar-refractivity contribution in [2.75, 3.05) is 20.6 Å². The SMILES string of the molecule is CNCCCC(=O)NCc1cccc(CN(C)C(C)C)c1. The van der Waals surface area contributed by atoms with Gasteiger partial charge in [0.25, 0.3) is 0 Å². The lowest BCUT2D eigenvalue weighted by Crippen LogP contribution is -2.26. The predicted octanol–water partition coefficient (Wildman–Crippen LogP) is 2.14. The summed E-state index contributed by atoms with van der Waals surface area (Å²) in [5, 5.41) is 6.03. The van der Waals surface area contributed by atoms with Gasteiger partial charge in [-0.3, -0.25) is 9.69 Å². The molecule has 0 spiro atoms. The van der Waals surface area contributed by atoms with Crippen LogP contribution in [-0.2, 0) is 17.9 Å². The molecule has 0 atom stereocenters. The minimum Gasteiger partial charge on any atom is -0.352 e. The molecule has 4 nitrogen and oxygen atoms in total. The van der Waals surface area contributed by atoms with Gasteiger partial charge in [0.2, 0.25) is 5.91 Å². The van der Waals surface area contributed by atoms with Gasteiger partial charge < -0.3 is 10.6 Å². The average molecular weight is 291 g/mol. The topological polar surface area (TPSA) is 44.4 Å². The van der Waals surface area contributed by atoms with Crippen LogP contribution in [0.2, 0.25) is 0 Å². The van der Waals surface area contributed by atoms with Crippen molar-refractivity contribution in [2.45, 2.75) is 45.8 Å². The summed E-state index contributed by atoms with van der Waals surface area (Å²) >= 11 is 0. The Morgan fingerprint density at radius 3 is 2.67 bits per heavy atom. The van der Waals surface area contributed by atoms with Gasteiger partial charge >= 0.3 is 0 Å². The first-order chi connectivity index (χ1) is 10.0. The Bertz CT molecular complexity index is 432. The number of nitrogens with zero attached hydrogens (tertiary/aromatic N) is 1. The highest BCUT2D eigenvalue weighted by Gasteiger charge is 2.05. The molecule has 0 fully saturated rings. The standard InChI is InChI=1S/C17H29N3O/c1-14(2)20(4)13-16-8-5-7-15(11-16)12-19-17(21)9-6-10-18-3/h5,7-8,11,14,18H,6,9-10,12-13H2,1-4H3,(H,19,21). The molecule has 1 rings (SSSR count). The zero-order chi connectivity index (χ0) is 15.7. The third-order valence-corrected chi connectivity index (χ3v) is 3.63. The molecule has 0 aliphatic heterocycles. The molecule has 0 aromatic heterocycles. The molecule has 0 radical (unpaired) electrons. The fourth-order valence-corrected chi connectivity index (χ4v) is 2.02. The van der Waals surface area contributed by atoms with E-state index in [4.69, 9.17) is 0 Å². The maximum atomic E-state index is 11.7. The van der Waals surface area contributed by atoms with Gasteiger partial charge in [-0.25, -0.2) is 0 Å². The first-order valence-corrected chi connectivity index (χ1v) is 7.72. The first-order valence-electron chi connectivity index (χ1n) is 7.72. The number of rotatable bonds is 9. The van der Waals surface area contributed by atoms with Gasteiger partial charge in [0.05, 0.1) is 0 Å². The molecule has 0 bridgehead atoms. The monoisotopic (exact) mass is 291 g/mol. The zero-order valence-electron chi connectivity index (χ0n) is 13.8. The lowest BCUT2D eigenvalue weighted by molar-refractivity contribution is -0.121. The molecule has 2 N–H and O–H groups in total. The highest BCUT2D eigenvalue weighted by molar-refractivity contribution is 5.75. The number of nitrogens with one attached hydrogen (secondary N) is 2. The molecule has 0 unspecified atom stereocenters. The largest absolute Gasteiger partial charge is 0.352 e. The van der Waals surface area contributed by atoms with E-state index in [1.807, 2.05) is 7.05 Å². The first kappa shape index (κ1) is 17.7. The van der Waals surface area contributed by atoms with Gasteiger partial charge in [-0.15, -0.1) is 0 Å². The van der Waals surface area contributed by atoms with Crippen molar-refractivity contribution >= 4 is 5.91 Å². The predicted molar refractivity (Wildman–Crippen MR) is 88.1 cm³/mol. The molecule has 0 aliphatic rings. The number of hydrogen-bond acceptors (Lipinski definition) is 3.